The van der Waals surface area contributed by atoms with Crippen molar-refractivity contribution in [3.8, 4) is 0 Å². The van der Waals surface area contributed by atoms with Crippen molar-refractivity contribution in [2.24, 2.45) is 5.92 Å². The molecule has 0 radical (unpaired) electrons. The van der Waals surface area contributed by atoms with E-state index in [0.717, 1.165) is 46.8 Å². The maximum absolute atomic E-state index is 12.3. The Labute approximate surface area is 191 Å². The Hall–Kier alpha value is -1.68. The lowest BCUT2D eigenvalue weighted by Gasteiger charge is -2.35. The number of hydrogen-bond donors (Lipinski definition) is 1. The number of nitrogens with zero attached hydrogens (tertiary/aromatic N) is 4. The number of morpholine rings is 1. The molecule has 1 N–H and O–H groups in total. The molecule has 0 aliphatic carbocycles. The molecule has 4 rings (SSSR count). The average Bonchev–Trinajstić information content (AvgIpc) is 3.16. The number of aliphatic hydroxyl groups is 1. The summed E-state index contributed by atoms with van der Waals surface area (Å²) in [5.74, 6) is 0.878. The molecule has 1 unspecified atom stereocenters. The van der Waals surface area contributed by atoms with Gasteiger partial charge in [-0.1, -0.05) is 0 Å². The van der Waals surface area contributed by atoms with Crippen LogP contribution in [0.3, 0.4) is 0 Å². The van der Waals surface area contributed by atoms with E-state index >= 15 is 0 Å². The number of rotatable bonds is 3. The fraction of sp³-hybridized carbons (Fsp3) is 0.667. The maximum Gasteiger partial charge on any atom is 0.410 e. The topological polar surface area (TPSA) is 88.0 Å². The molecule has 0 aromatic carbocycles. The number of ether oxygens (including phenoxy) is 2. The van der Waals surface area contributed by atoms with Gasteiger partial charge < -0.3 is 24.4 Å². The van der Waals surface area contributed by atoms with Crippen molar-refractivity contribution in [1.82, 2.24) is 14.9 Å². The molecule has 170 valence electrons. The highest BCUT2D eigenvalue weighted by molar-refractivity contribution is 7.19. The Morgan fingerprint density at radius 2 is 1.94 bits per heavy atom. The van der Waals surface area contributed by atoms with Gasteiger partial charge in [0, 0.05) is 31.1 Å². The predicted octanol–water partition coefficient (Wildman–Crippen LogP) is 3.86. The van der Waals surface area contributed by atoms with Crippen LogP contribution in [0.1, 0.15) is 44.6 Å². The minimum Gasteiger partial charge on any atom is -0.444 e. The highest BCUT2D eigenvalue weighted by atomic mass is 35.5. The Balaban J connectivity index is 1.47. The summed E-state index contributed by atoms with van der Waals surface area (Å²) < 4.78 is 11.8. The Morgan fingerprint density at radius 1 is 1.26 bits per heavy atom. The number of likely N-dealkylation sites (tertiary alicyclic amines) is 1. The third kappa shape index (κ3) is 5.22. The summed E-state index contributed by atoms with van der Waals surface area (Å²) in [5.41, 5.74) is 0.247. The van der Waals surface area contributed by atoms with E-state index in [1.165, 1.54) is 11.3 Å². The van der Waals surface area contributed by atoms with Crippen molar-refractivity contribution in [1.29, 1.82) is 0 Å². The number of aliphatic hydroxyl groups excluding tert-OH is 1. The zero-order chi connectivity index (χ0) is 22.2. The number of amides is 1. The van der Waals surface area contributed by atoms with Crippen LogP contribution in [0.4, 0.5) is 10.6 Å². The molecule has 0 saturated carbocycles. The summed E-state index contributed by atoms with van der Waals surface area (Å²) in [7, 11) is 0. The molecular weight excluding hydrogens is 440 g/mol. The van der Waals surface area contributed by atoms with Gasteiger partial charge in [-0.3, -0.25) is 0 Å². The van der Waals surface area contributed by atoms with Gasteiger partial charge in [-0.25, -0.2) is 9.78 Å². The summed E-state index contributed by atoms with van der Waals surface area (Å²) in [6, 6.07) is 1.92. The van der Waals surface area contributed by atoms with Crippen LogP contribution in [-0.4, -0.2) is 71.1 Å². The second-order valence-electron chi connectivity index (χ2n) is 9.03. The third-order valence-electron chi connectivity index (χ3n) is 5.59. The van der Waals surface area contributed by atoms with Crippen LogP contribution in [0.5, 0.6) is 0 Å². The number of fused-ring (bicyclic) bond motifs is 1. The number of thiophene rings is 1. The first-order chi connectivity index (χ1) is 14.7. The van der Waals surface area contributed by atoms with Crippen molar-refractivity contribution >= 4 is 45.1 Å². The van der Waals surface area contributed by atoms with Gasteiger partial charge in [-0.2, -0.15) is 4.98 Å². The highest BCUT2D eigenvalue weighted by Crippen LogP contribution is 2.40. The number of halogens is 1. The largest absolute Gasteiger partial charge is 0.444 e. The van der Waals surface area contributed by atoms with E-state index in [1.54, 1.807) is 4.90 Å². The van der Waals surface area contributed by atoms with E-state index in [1.807, 2.05) is 26.8 Å². The number of piperidine rings is 1. The summed E-state index contributed by atoms with van der Waals surface area (Å²) in [4.78, 5) is 25.9. The number of anilines is 1. The fourth-order valence-corrected chi connectivity index (χ4v) is 5.36. The molecular formula is C21H29ClN4O4S. The third-order valence-corrected chi connectivity index (χ3v) is 6.95. The van der Waals surface area contributed by atoms with E-state index in [9.17, 15) is 9.90 Å². The number of aromatic nitrogens is 2. The van der Waals surface area contributed by atoms with Gasteiger partial charge in [0.05, 0.1) is 29.5 Å². The van der Waals surface area contributed by atoms with Gasteiger partial charge in [0.25, 0.3) is 0 Å². The molecule has 10 heteroatoms. The molecule has 2 aliphatic rings. The van der Waals surface area contributed by atoms with E-state index in [4.69, 9.17) is 21.1 Å². The molecule has 2 aromatic heterocycles. The summed E-state index contributed by atoms with van der Waals surface area (Å²) in [6.45, 7) is 9.55. The molecule has 2 aliphatic heterocycles. The van der Waals surface area contributed by atoms with Crippen LogP contribution in [0, 0.1) is 5.92 Å². The summed E-state index contributed by atoms with van der Waals surface area (Å²) >= 11 is 7.71. The number of carbonyl (C=O) groups is 1. The Bertz CT molecular complexity index is 933. The molecule has 2 saturated heterocycles. The van der Waals surface area contributed by atoms with E-state index in [2.05, 4.69) is 14.9 Å². The Morgan fingerprint density at radius 3 is 2.58 bits per heavy atom. The monoisotopic (exact) mass is 468 g/mol. The lowest BCUT2D eigenvalue weighted by atomic mass is 9.90. The average molecular weight is 469 g/mol. The molecule has 31 heavy (non-hydrogen) atoms. The molecule has 1 amide bonds. The number of hydrogen-bond acceptors (Lipinski definition) is 8. The predicted molar refractivity (Wildman–Crippen MR) is 121 cm³/mol. The normalized spacial score (nSPS) is 19.6. The summed E-state index contributed by atoms with van der Waals surface area (Å²) in [5, 5.41) is 11.3. The van der Waals surface area contributed by atoms with E-state index in [-0.39, 0.29) is 17.3 Å². The minimum atomic E-state index is -0.615. The smallest absolute Gasteiger partial charge is 0.410 e. The SMILES string of the molecule is CC(C)(C)OC(=O)N1CCC(C(O)c2cc3nc(Cl)nc(N4CCOCC4)c3s2)CC1. The van der Waals surface area contributed by atoms with Gasteiger partial charge in [0.2, 0.25) is 5.28 Å². The zero-order valence-electron chi connectivity index (χ0n) is 18.1. The lowest BCUT2D eigenvalue weighted by molar-refractivity contribution is 0.00810. The molecule has 2 fully saturated rings. The first-order valence-corrected chi connectivity index (χ1v) is 11.9. The second-order valence-corrected chi connectivity index (χ2v) is 10.5. The quantitative estimate of drug-likeness (QED) is 0.684. The molecule has 1 atom stereocenters. The van der Waals surface area contributed by atoms with Gasteiger partial charge in [0.15, 0.2) is 5.82 Å². The first kappa shape index (κ1) is 22.5. The molecule has 4 heterocycles. The van der Waals surface area contributed by atoms with Gasteiger partial charge in [0.1, 0.15) is 5.60 Å². The standard InChI is InChI=1S/C21H29ClN4O4S/c1-21(2,3)30-20(28)26-6-4-13(5-7-26)16(27)15-12-14-17(31-15)18(24-19(22)23-14)25-8-10-29-11-9-25/h12-13,16,27H,4-11H2,1-3H3. The van der Waals surface area contributed by atoms with Crippen LogP contribution in [0.15, 0.2) is 6.07 Å². The van der Waals surface area contributed by atoms with Crippen molar-refractivity contribution in [3.63, 3.8) is 0 Å². The van der Waals surface area contributed by atoms with Crippen molar-refractivity contribution in [2.75, 3.05) is 44.3 Å². The van der Waals surface area contributed by atoms with Crippen molar-refractivity contribution in [3.05, 3.63) is 16.2 Å². The van der Waals surface area contributed by atoms with Gasteiger partial charge in [-0.05, 0) is 57.2 Å². The van der Waals surface area contributed by atoms with Crippen LogP contribution >= 0.6 is 22.9 Å². The molecule has 0 bridgehead atoms. The fourth-order valence-electron chi connectivity index (χ4n) is 4.00. The lowest BCUT2D eigenvalue weighted by Crippen LogP contribution is -2.42. The van der Waals surface area contributed by atoms with Gasteiger partial charge >= 0.3 is 6.09 Å². The Kier molecular flexibility index (Phi) is 6.57. The van der Waals surface area contributed by atoms with Crippen LogP contribution < -0.4 is 4.90 Å². The molecule has 8 nitrogen and oxygen atoms in total. The maximum atomic E-state index is 12.3. The molecule has 0 spiro atoms. The van der Waals surface area contributed by atoms with Crippen LogP contribution in [-0.2, 0) is 9.47 Å². The van der Waals surface area contributed by atoms with Crippen LogP contribution in [0.2, 0.25) is 5.28 Å². The van der Waals surface area contributed by atoms with E-state index < -0.39 is 11.7 Å². The zero-order valence-corrected chi connectivity index (χ0v) is 19.7. The highest BCUT2D eigenvalue weighted by Gasteiger charge is 2.32. The van der Waals surface area contributed by atoms with E-state index in [0.29, 0.717) is 26.3 Å². The van der Waals surface area contributed by atoms with Crippen molar-refractivity contribution < 1.29 is 19.4 Å². The first-order valence-electron chi connectivity index (χ1n) is 10.7. The number of carbonyl (C=O) groups excluding carboxylic acids is 1. The summed E-state index contributed by atoms with van der Waals surface area (Å²) in [6.07, 6.45) is 0.535. The molecule has 2 aromatic rings. The minimum absolute atomic E-state index is 0.0713. The van der Waals surface area contributed by atoms with Crippen molar-refractivity contribution in [2.45, 2.75) is 45.3 Å². The second kappa shape index (κ2) is 9.05. The van der Waals surface area contributed by atoms with Gasteiger partial charge in [-0.15, -0.1) is 11.3 Å². The van der Waals surface area contributed by atoms with Crippen LogP contribution in [0.25, 0.3) is 10.2 Å².